The number of esters is 1. The molecule has 0 N–H and O–H groups in total. The van der Waals surface area contributed by atoms with Gasteiger partial charge in [-0.15, -0.1) is 6.58 Å². The SMILES string of the molecule is C=CC1(C(=O)N(C)C(C)C(=O)OC)CC1. The fourth-order valence-corrected chi connectivity index (χ4v) is 1.50. The molecular weight excluding hydrogens is 194 g/mol. The summed E-state index contributed by atoms with van der Waals surface area (Å²) in [6.45, 7) is 5.31. The first-order valence-electron chi connectivity index (χ1n) is 4.97. The van der Waals surface area contributed by atoms with Gasteiger partial charge in [0.25, 0.3) is 0 Å². The fourth-order valence-electron chi connectivity index (χ4n) is 1.50. The number of nitrogens with zero attached hydrogens (tertiary/aromatic N) is 1. The summed E-state index contributed by atoms with van der Waals surface area (Å²) in [5.74, 6) is -0.443. The lowest BCUT2D eigenvalue weighted by molar-refractivity contribution is -0.152. The number of methoxy groups -OCH3 is 1. The van der Waals surface area contributed by atoms with Crippen LogP contribution in [0.5, 0.6) is 0 Å². The lowest BCUT2D eigenvalue weighted by atomic mass is 10.1. The molecule has 1 amide bonds. The van der Waals surface area contributed by atoms with Crippen LogP contribution in [0, 0.1) is 5.41 Å². The molecule has 84 valence electrons. The molecule has 4 nitrogen and oxygen atoms in total. The molecular formula is C11H17NO3. The van der Waals surface area contributed by atoms with Gasteiger partial charge in [0.2, 0.25) is 5.91 Å². The molecule has 1 fully saturated rings. The quantitative estimate of drug-likeness (QED) is 0.514. The van der Waals surface area contributed by atoms with Crippen molar-refractivity contribution in [3.05, 3.63) is 12.7 Å². The molecule has 1 unspecified atom stereocenters. The van der Waals surface area contributed by atoms with Crippen molar-refractivity contribution >= 4 is 11.9 Å². The number of carbonyl (C=O) groups is 2. The smallest absolute Gasteiger partial charge is 0.328 e. The van der Waals surface area contributed by atoms with Gasteiger partial charge in [0.15, 0.2) is 0 Å². The van der Waals surface area contributed by atoms with Crippen molar-refractivity contribution in [1.29, 1.82) is 0 Å². The number of amides is 1. The second-order valence-electron chi connectivity index (χ2n) is 3.98. The molecule has 0 saturated heterocycles. The molecule has 0 aliphatic heterocycles. The highest BCUT2D eigenvalue weighted by atomic mass is 16.5. The van der Waals surface area contributed by atoms with Gasteiger partial charge in [-0.3, -0.25) is 4.79 Å². The van der Waals surface area contributed by atoms with Gasteiger partial charge in [0.05, 0.1) is 12.5 Å². The Morgan fingerprint density at radius 2 is 2.07 bits per heavy atom. The zero-order valence-electron chi connectivity index (χ0n) is 9.45. The average molecular weight is 211 g/mol. The minimum atomic E-state index is -0.542. The predicted octanol–water partition coefficient (Wildman–Crippen LogP) is 0.972. The second-order valence-corrected chi connectivity index (χ2v) is 3.98. The lowest BCUT2D eigenvalue weighted by Gasteiger charge is -2.25. The van der Waals surface area contributed by atoms with Crippen LogP contribution in [0.3, 0.4) is 0 Å². The van der Waals surface area contributed by atoms with E-state index in [2.05, 4.69) is 11.3 Å². The molecule has 4 heteroatoms. The van der Waals surface area contributed by atoms with Gasteiger partial charge in [-0.05, 0) is 19.8 Å². The maximum Gasteiger partial charge on any atom is 0.328 e. The first kappa shape index (κ1) is 11.8. The van der Waals surface area contributed by atoms with Crippen molar-refractivity contribution in [3.8, 4) is 0 Å². The number of ether oxygens (including phenoxy) is 1. The van der Waals surface area contributed by atoms with Crippen molar-refractivity contribution in [1.82, 2.24) is 4.90 Å². The Morgan fingerprint density at radius 3 is 2.40 bits per heavy atom. The Morgan fingerprint density at radius 1 is 1.53 bits per heavy atom. The van der Waals surface area contributed by atoms with Crippen LogP contribution in [-0.4, -0.2) is 37.0 Å². The van der Waals surface area contributed by atoms with E-state index in [1.165, 1.54) is 12.0 Å². The monoisotopic (exact) mass is 211 g/mol. The lowest BCUT2D eigenvalue weighted by Crippen LogP contribution is -2.44. The molecule has 1 saturated carbocycles. The molecule has 0 aromatic rings. The second kappa shape index (κ2) is 4.04. The van der Waals surface area contributed by atoms with Gasteiger partial charge >= 0.3 is 5.97 Å². The van der Waals surface area contributed by atoms with Crippen LogP contribution in [0.1, 0.15) is 19.8 Å². The number of hydrogen-bond acceptors (Lipinski definition) is 3. The molecule has 1 atom stereocenters. The summed E-state index contributed by atoms with van der Waals surface area (Å²) >= 11 is 0. The van der Waals surface area contributed by atoms with Gasteiger partial charge in [-0.2, -0.15) is 0 Å². The summed E-state index contributed by atoms with van der Waals surface area (Å²) in [6, 6.07) is -0.542. The van der Waals surface area contributed by atoms with E-state index in [0.29, 0.717) is 0 Å². The van der Waals surface area contributed by atoms with E-state index in [4.69, 9.17) is 0 Å². The summed E-state index contributed by atoms with van der Waals surface area (Å²) in [5.41, 5.74) is -0.420. The van der Waals surface area contributed by atoms with Gasteiger partial charge in [-0.25, -0.2) is 4.79 Å². The van der Waals surface area contributed by atoms with Crippen LogP contribution in [0.15, 0.2) is 12.7 Å². The van der Waals surface area contributed by atoms with E-state index < -0.39 is 17.4 Å². The Labute approximate surface area is 89.9 Å². The van der Waals surface area contributed by atoms with Gasteiger partial charge in [0.1, 0.15) is 6.04 Å². The summed E-state index contributed by atoms with van der Waals surface area (Å²) in [7, 11) is 2.94. The largest absolute Gasteiger partial charge is 0.467 e. The Bertz CT molecular complexity index is 294. The Kier molecular flexibility index (Phi) is 3.17. The highest BCUT2D eigenvalue weighted by molar-refractivity contribution is 5.90. The van der Waals surface area contributed by atoms with Crippen molar-refractivity contribution < 1.29 is 14.3 Å². The first-order valence-corrected chi connectivity index (χ1v) is 4.97. The minimum absolute atomic E-state index is 0.0459. The normalized spacial score (nSPS) is 18.9. The van der Waals surface area contributed by atoms with E-state index in [9.17, 15) is 9.59 Å². The van der Waals surface area contributed by atoms with Crippen molar-refractivity contribution in [2.24, 2.45) is 5.41 Å². The third kappa shape index (κ3) is 2.03. The topological polar surface area (TPSA) is 46.6 Å². The highest BCUT2D eigenvalue weighted by Gasteiger charge is 2.49. The predicted molar refractivity (Wildman–Crippen MR) is 56.1 cm³/mol. The third-order valence-electron chi connectivity index (χ3n) is 3.05. The molecule has 0 aromatic heterocycles. The molecule has 0 radical (unpaired) electrons. The number of likely N-dealkylation sites (N-methyl/N-ethyl adjacent to an activating group) is 1. The molecule has 15 heavy (non-hydrogen) atoms. The van der Waals surface area contributed by atoms with Crippen LogP contribution in [0.4, 0.5) is 0 Å². The maximum atomic E-state index is 12.0. The Hall–Kier alpha value is -1.32. The molecule has 0 aromatic carbocycles. The van der Waals surface area contributed by atoms with Gasteiger partial charge in [0, 0.05) is 7.05 Å². The minimum Gasteiger partial charge on any atom is -0.467 e. The molecule has 1 aliphatic carbocycles. The fraction of sp³-hybridized carbons (Fsp3) is 0.636. The van der Waals surface area contributed by atoms with Crippen molar-refractivity contribution in [3.63, 3.8) is 0 Å². The van der Waals surface area contributed by atoms with Crippen LogP contribution < -0.4 is 0 Å². The molecule has 1 rings (SSSR count). The highest BCUT2D eigenvalue weighted by Crippen LogP contribution is 2.48. The zero-order chi connectivity index (χ0) is 11.6. The first-order chi connectivity index (χ1) is 6.98. The number of hydrogen-bond donors (Lipinski definition) is 0. The van der Waals surface area contributed by atoms with Crippen molar-refractivity contribution in [2.75, 3.05) is 14.2 Å². The van der Waals surface area contributed by atoms with E-state index in [1.807, 2.05) is 0 Å². The van der Waals surface area contributed by atoms with E-state index >= 15 is 0 Å². The van der Waals surface area contributed by atoms with Gasteiger partial charge < -0.3 is 9.64 Å². The maximum absolute atomic E-state index is 12.0. The number of carbonyl (C=O) groups excluding carboxylic acids is 2. The summed E-state index contributed by atoms with van der Waals surface area (Å²) in [5, 5.41) is 0. The standard InChI is InChI=1S/C11H17NO3/c1-5-11(6-7-11)10(14)12(3)8(2)9(13)15-4/h5,8H,1,6-7H2,2-4H3. The van der Waals surface area contributed by atoms with Crippen LogP contribution in [0.25, 0.3) is 0 Å². The summed E-state index contributed by atoms with van der Waals surface area (Å²) < 4.78 is 4.59. The van der Waals surface area contributed by atoms with Crippen LogP contribution in [-0.2, 0) is 14.3 Å². The van der Waals surface area contributed by atoms with E-state index in [1.54, 1.807) is 20.0 Å². The summed E-state index contributed by atoms with van der Waals surface area (Å²) in [4.78, 5) is 24.6. The van der Waals surface area contributed by atoms with E-state index in [-0.39, 0.29) is 5.91 Å². The zero-order valence-corrected chi connectivity index (χ0v) is 9.45. The van der Waals surface area contributed by atoms with Crippen LogP contribution in [0.2, 0.25) is 0 Å². The van der Waals surface area contributed by atoms with E-state index in [0.717, 1.165) is 12.8 Å². The molecule has 0 spiro atoms. The van der Waals surface area contributed by atoms with Crippen LogP contribution >= 0.6 is 0 Å². The number of rotatable bonds is 4. The van der Waals surface area contributed by atoms with Gasteiger partial charge in [-0.1, -0.05) is 6.08 Å². The Balaban J connectivity index is 2.68. The average Bonchev–Trinajstić information content (AvgIpc) is 3.05. The molecule has 0 heterocycles. The third-order valence-corrected chi connectivity index (χ3v) is 3.05. The van der Waals surface area contributed by atoms with Crippen molar-refractivity contribution in [2.45, 2.75) is 25.8 Å². The molecule has 0 bridgehead atoms. The molecule has 1 aliphatic rings. The summed E-state index contributed by atoms with van der Waals surface area (Å²) in [6.07, 6.45) is 3.33.